The molecule has 2 N–H and O–H groups in total. The zero-order chi connectivity index (χ0) is 12.3. The SMILES string of the molecule is CCC(C)N1CCN(c2ncncc2N)CC1. The summed E-state index contributed by atoms with van der Waals surface area (Å²) in [4.78, 5) is 13.0. The van der Waals surface area contributed by atoms with Gasteiger partial charge in [0.1, 0.15) is 6.33 Å². The van der Waals surface area contributed by atoms with Gasteiger partial charge in [-0.1, -0.05) is 6.92 Å². The molecule has 1 atom stereocenters. The topological polar surface area (TPSA) is 58.3 Å². The van der Waals surface area contributed by atoms with Crippen molar-refractivity contribution in [2.24, 2.45) is 0 Å². The highest BCUT2D eigenvalue weighted by molar-refractivity contribution is 5.61. The molecule has 0 amide bonds. The van der Waals surface area contributed by atoms with Crippen LogP contribution in [-0.2, 0) is 0 Å². The number of hydrogen-bond acceptors (Lipinski definition) is 5. The second-order valence-electron chi connectivity index (χ2n) is 4.58. The molecule has 2 heterocycles. The minimum Gasteiger partial charge on any atom is -0.394 e. The van der Waals surface area contributed by atoms with Crippen molar-refractivity contribution in [2.75, 3.05) is 36.8 Å². The van der Waals surface area contributed by atoms with Crippen LogP contribution in [0.2, 0.25) is 0 Å². The Balaban J connectivity index is 1.98. The Morgan fingerprint density at radius 2 is 2.06 bits per heavy atom. The summed E-state index contributed by atoms with van der Waals surface area (Å²) in [6.45, 7) is 8.67. The van der Waals surface area contributed by atoms with Crippen molar-refractivity contribution < 1.29 is 0 Å². The third-order valence-electron chi connectivity index (χ3n) is 3.55. The molecule has 0 bridgehead atoms. The average Bonchev–Trinajstić information content (AvgIpc) is 2.39. The highest BCUT2D eigenvalue weighted by Gasteiger charge is 2.21. The first-order chi connectivity index (χ1) is 8.22. The van der Waals surface area contributed by atoms with Crippen LogP contribution in [0, 0.1) is 0 Å². The van der Waals surface area contributed by atoms with Gasteiger partial charge in [0.15, 0.2) is 5.82 Å². The number of nitrogens with two attached hydrogens (primary N) is 1. The van der Waals surface area contributed by atoms with Crippen molar-refractivity contribution >= 4 is 11.5 Å². The van der Waals surface area contributed by atoms with Crippen LogP contribution in [0.1, 0.15) is 20.3 Å². The van der Waals surface area contributed by atoms with Gasteiger partial charge in [0.05, 0.1) is 11.9 Å². The van der Waals surface area contributed by atoms with Crippen molar-refractivity contribution in [1.29, 1.82) is 0 Å². The van der Waals surface area contributed by atoms with Crippen LogP contribution in [0.15, 0.2) is 12.5 Å². The Labute approximate surface area is 103 Å². The van der Waals surface area contributed by atoms with Gasteiger partial charge in [-0.3, -0.25) is 4.90 Å². The minimum atomic E-state index is 0.667. The van der Waals surface area contributed by atoms with E-state index in [0.29, 0.717) is 11.7 Å². The monoisotopic (exact) mass is 235 g/mol. The molecule has 1 aliphatic heterocycles. The van der Waals surface area contributed by atoms with Gasteiger partial charge in [0.25, 0.3) is 0 Å². The number of anilines is 2. The molecule has 1 aromatic rings. The Hall–Kier alpha value is -1.36. The molecule has 1 unspecified atom stereocenters. The summed E-state index contributed by atoms with van der Waals surface area (Å²) in [5.74, 6) is 0.879. The van der Waals surface area contributed by atoms with Gasteiger partial charge in [-0.15, -0.1) is 0 Å². The predicted octanol–water partition coefficient (Wildman–Crippen LogP) is 0.979. The summed E-state index contributed by atoms with van der Waals surface area (Å²) in [5.41, 5.74) is 6.56. The lowest BCUT2D eigenvalue weighted by molar-refractivity contribution is 0.192. The summed E-state index contributed by atoms with van der Waals surface area (Å²) in [6, 6.07) is 0.667. The second kappa shape index (κ2) is 5.31. The molecule has 1 aliphatic rings. The van der Waals surface area contributed by atoms with E-state index in [-0.39, 0.29) is 0 Å². The first-order valence-corrected chi connectivity index (χ1v) is 6.26. The fourth-order valence-electron chi connectivity index (χ4n) is 2.23. The first-order valence-electron chi connectivity index (χ1n) is 6.26. The molecule has 0 spiro atoms. The van der Waals surface area contributed by atoms with Crippen LogP contribution in [0.3, 0.4) is 0 Å². The maximum Gasteiger partial charge on any atom is 0.155 e. The van der Waals surface area contributed by atoms with E-state index in [4.69, 9.17) is 5.73 Å². The van der Waals surface area contributed by atoms with Crippen molar-refractivity contribution in [1.82, 2.24) is 14.9 Å². The Morgan fingerprint density at radius 3 is 2.65 bits per heavy atom. The zero-order valence-corrected chi connectivity index (χ0v) is 10.6. The quantitative estimate of drug-likeness (QED) is 0.846. The molecule has 5 nitrogen and oxygen atoms in total. The number of nitrogen functional groups attached to an aromatic ring is 1. The standard InChI is InChI=1S/C12H21N5/c1-3-10(2)16-4-6-17(7-5-16)12-11(13)8-14-9-15-12/h8-10H,3-7,13H2,1-2H3. The molecule has 0 saturated carbocycles. The lowest BCUT2D eigenvalue weighted by Crippen LogP contribution is -2.49. The molecular formula is C12H21N5. The molecular weight excluding hydrogens is 214 g/mol. The summed E-state index contributed by atoms with van der Waals surface area (Å²) >= 11 is 0. The van der Waals surface area contributed by atoms with E-state index in [0.717, 1.165) is 32.0 Å². The van der Waals surface area contributed by atoms with Gasteiger partial charge in [0.2, 0.25) is 0 Å². The van der Waals surface area contributed by atoms with E-state index in [2.05, 4.69) is 33.6 Å². The third kappa shape index (κ3) is 2.66. The van der Waals surface area contributed by atoms with Gasteiger partial charge in [-0.05, 0) is 13.3 Å². The Morgan fingerprint density at radius 1 is 1.35 bits per heavy atom. The van der Waals surface area contributed by atoms with Crippen molar-refractivity contribution in [3.05, 3.63) is 12.5 Å². The maximum atomic E-state index is 5.89. The summed E-state index contributed by atoms with van der Waals surface area (Å²) in [5, 5.41) is 0. The van der Waals surface area contributed by atoms with E-state index in [1.54, 1.807) is 12.5 Å². The van der Waals surface area contributed by atoms with E-state index in [1.807, 2.05) is 0 Å². The molecule has 0 radical (unpaired) electrons. The van der Waals surface area contributed by atoms with Crippen LogP contribution in [0.4, 0.5) is 11.5 Å². The number of aromatic nitrogens is 2. The fraction of sp³-hybridized carbons (Fsp3) is 0.667. The molecule has 5 heteroatoms. The lowest BCUT2D eigenvalue weighted by Gasteiger charge is -2.38. The van der Waals surface area contributed by atoms with Gasteiger partial charge >= 0.3 is 0 Å². The minimum absolute atomic E-state index is 0.667. The molecule has 17 heavy (non-hydrogen) atoms. The van der Waals surface area contributed by atoms with Crippen LogP contribution in [0.25, 0.3) is 0 Å². The zero-order valence-electron chi connectivity index (χ0n) is 10.6. The molecule has 0 aromatic carbocycles. The van der Waals surface area contributed by atoms with E-state index < -0.39 is 0 Å². The highest BCUT2D eigenvalue weighted by atomic mass is 15.3. The normalized spacial score (nSPS) is 19.3. The van der Waals surface area contributed by atoms with E-state index >= 15 is 0 Å². The molecule has 1 aromatic heterocycles. The number of hydrogen-bond donors (Lipinski definition) is 1. The van der Waals surface area contributed by atoms with Gasteiger partial charge in [-0.2, -0.15) is 0 Å². The molecule has 94 valence electrons. The summed E-state index contributed by atoms with van der Waals surface area (Å²) < 4.78 is 0. The molecule has 2 rings (SSSR count). The van der Waals surface area contributed by atoms with Crippen LogP contribution < -0.4 is 10.6 Å². The largest absolute Gasteiger partial charge is 0.394 e. The van der Waals surface area contributed by atoms with Crippen LogP contribution in [-0.4, -0.2) is 47.1 Å². The summed E-state index contributed by atoms with van der Waals surface area (Å²) in [7, 11) is 0. The van der Waals surface area contributed by atoms with Crippen molar-refractivity contribution in [3.63, 3.8) is 0 Å². The predicted molar refractivity (Wildman–Crippen MR) is 70.0 cm³/mol. The number of piperazine rings is 1. The van der Waals surface area contributed by atoms with E-state index in [1.165, 1.54) is 6.42 Å². The van der Waals surface area contributed by atoms with Crippen LogP contribution in [0.5, 0.6) is 0 Å². The third-order valence-corrected chi connectivity index (χ3v) is 3.55. The first kappa shape index (κ1) is 12.1. The van der Waals surface area contributed by atoms with Crippen molar-refractivity contribution in [3.8, 4) is 0 Å². The summed E-state index contributed by atoms with van der Waals surface area (Å²) in [6.07, 6.45) is 4.44. The highest BCUT2D eigenvalue weighted by Crippen LogP contribution is 2.20. The fourth-order valence-corrected chi connectivity index (χ4v) is 2.23. The maximum absolute atomic E-state index is 5.89. The smallest absolute Gasteiger partial charge is 0.155 e. The van der Waals surface area contributed by atoms with Gasteiger partial charge < -0.3 is 10.6 Å². The second-order valence-corrected chi connectivity index (χ2v) is 4.58. The van der Waals surface area contributed by atoms with Crippen LogP contribution >= 0.6 is 0 Å². The Kier molecular flexibility index (Phi) is 3.78. The number of rotatable bonds is 3. The van der Waals surface area contributed by atoms with E-state index in [9.17, 15) is 0 Å². The van der Waals surface area contributed by atoms with Gasteiger partial charge in [-0.25, -0.2) is 9.97 Å². The Bertz CT molecular complexity index is 360. The average molecular weight is 235 g/mol. The molecule has 1 saturated heterocycles. The lowest BCUT2D eigenvalue weighted by atomic mass is 10.2. The molecule has 0 aliphatic carbocycles. The van der Waals surface area contributed by atoms with Crippen molar-refractivity contribution in [2.45, 2.75) is 26.3 Å². The van der Waals surface area contributed by atoms with Gasteiger partial charge in [0, 0.05) is 32.2 Å². The number of nitrogens with zero attached hydrogens (tertiary/aromatic N) is 4. The molecule has 1 fully saturated rings.